The summed E-state index contributed by atoms with van der Waals surface area (Å²) in [6.07, 6.45) is 2.00. The first kappa shape index (κ1) is 88.8. The topological polar surface area (TPSA) is 31.5 Å². The average Bonchev–Trinajstić information content (AvgIpc) is 1.39. The summed E-state index contributed by atoms with van der Waals surface area (Å²) in [6.45, 7) is 11.0. The molecule has 0 aliphatic rings. The van der Waals surface area contributed by atoms with Crippen molar-refractivity contribution >= 4 is 0 Å². The Morgan fingerprint density at radius 3 is 0.692 bits per heavy atom. The summed E-state index contributed by atoms with van der Waals surface area (Å²) in [4.78, 5) is 0. The minimum absolute atomic E-state index is 0. The fraction of sp³-hybridized carbons (Fsp3) is 0.400. The van der Waals surface area contributed by atoms with E-state index in [1.165, 1.54) is 0 Å². The van der Waals surface area contributed by atoms with E-state index in [1.807, 2.05) is 13.8 Å². The van der Waals surface area contributed by atoms with E-state index in [0.29, 0.717) is 0 Å². The van der Waals surface area contributed by atoms with Crippen LogP contribution in [-0.4, -0.2) is 5.48 Å². The van der Waals surface area contributed by atoms with Gasteiger partial charge in [-0.3, -0.25) is 0 Å². The van der Waals surface area contributed by atoms with Gasteiger partial charge in [-0.15, -0.1) is 0 Å². The third-order valence-corrected chi connectivity index (χ3v) is 0. The van der Waals surface area contributed by atoms with Crippen LogP contribution in [0.2, 0.25) is 0 Å². The Hall–Kier alpha value is 1.39. The normalized spacial score (nSPS) is 2.77. The Balaban J connectivity index is -0.00000000229. The first-order valence-corrected chi connectivity index (χ1v) is 2.41. The number of rotatable bonds is 0. The SMILES string of the molecule is O.[CH2-]CC.[CH2-]CC.[CH3-].[CH3-].[CH3-].[CH3-].[Ti+3].[Ti+3]. The molecule has 2 radical (unpaired) electrons. The summed E-state index contributed by atoms with van der Waals surface area (Å²) in [5.41, 5.74) is 0. The average molecular weight is 260 g/mol. The van der Waals surface area contributed by atoms with Crippen LogP contribution in [0, 0.1) is 43.6 Å². The number of hydrogen-bond donors (Lipinski definition) is 0. The van der Waals surface area contributed by atoms with Crippen molar-refractivity contribution in [3.8, 4) is 0 Å². The molecule has 13 heavy (non-hydrogen) atoms. The molecule has 0 fully saturated rings. The molecule has 0 saturated heterocycles. The Bertz CT molecular complexity index is 14.9. The van der Waals surface area contributed by atoms with Crippen LogP contribution < -0.4 is 0 Å². The maximum absolute atomic E-state index is 3.49. The summed E-state index contributed by atoms with van der Waals surface area (Å²) >= 11 is 0. The summed E-state index contributed by atoms with van der Waals surface area (Å²) in [6, 6.07) is 0. The summed E-state index contributed by atoms with van der Waals surface area (Å²) in [5, 5.41) is 0. The van der Waals surface area contributed by atoms with Crippen molar-refractivity contribution in [2.75, 3.05) is 0 Å². The molecule has 0 unspecified atom stereocenters. The first-order chi connectivity index (χ1) is 2.83. The molecule has 3 heteroatoms. The van der Waals surface area contributed by atoms with Gasteiger partial charge in [0.15, 0.2) is 0 Å². The molecule has 0 spiro atoms. The molecule has 82 valence electrons. The molecular weight excluding hydrogens is 232 g/mol. The Labute approximate surface area is 119 Å². The summed E-state index contributed by atoms with van der Waals surface area (Å²) in [5.74, 6) is 0. The summed E-state index contributed by atoms with van der Waals surface area (Å²) in [7, 11) is 0. The van der Waals surface area contributed by atoms with Gasteiger partial charge in [-0.1, -0.05) is 13.8 Å². The van der Waals surface area contributed by atoms with E-state index in [2.05, 4.69) is 13.8 Å². The van der Waals surface area contributed by atoms with E-state index < -0.39 is 0 Å². The minimum Gasteiger partial charge on any atom is -0.412 e. The second-order valence-electron chi connectivity index (χ2n) is 1.000. The van der Waals surface area contributed by atoms with Gasteiger partial charge in [0, 0.05) is 0 Å². The van der Waals surface area contributed by atoms with Crippen LogP contribution in [0.5, 0.6) is 0 Å². The molecule has 0 rings (SSSR count). The predicted octanol–water partition coefficient (Wildman–Crippen LogP) is 3.43. The molecule has 0 aliphatic heterocycles. The molecule has 0 aliphatic carbocycles. The van der Waals surface area contributed by atoms with E-state index in [9.17, 15) is 0 Å². The van der Waals surface area contributed by atoms with Gasteiger partial charge in [0.2, 0.25) is 0 Å². The molecular formula is C10H28OTi2. The van der Waals surface area contributed by atoms with Crippen LogP contribution in [-0.2, 0) is 43.4 Å². The summed E-state index contributed by atoms with van der Waals surface area (Å²) < 4.78 is 0. The molecule has 0 amide bonds. The van der Waals surface area contributed by atoms with Gasteiger partial charge in [0.25, 0.3) is 0 Å². The zero-order valence-electron chi connectivity index (χ0n) is 10.3. The fourth-order valence-corrected chi connectivity index (χ4v) is 0. The molecule has 0 aromatic carbocycles. The quantitative estimate of drug-likeness (QED) is 0.472. The van der Waals surface area contributed by atoms with Gasteiger partial charge in [0.1, 0.15) is 0 Å². The van der Waals surface area contributed by atoms with Crippen molar-refractivity contribution < 1.29 is 48.9 Å². The molecule has 0 heterocycles. The van der Waals surface area contributed by atoms with E-state index in [4.69, 9.17) is 0 Å². The van der Waals surface area contributed by atoms with Gasteiger partial charge in [-0.05, 0) is 0 Å². The van der Waals surface area contributed by atoms with Crippen LogP contribution in [0.15, 0.2) is 0 Å². The Kier molecular flexibility index (Phi) is 1220. The maximum Gasteiger partial charge on any atom is 3.00 e. The molecule has 0 aromatic rings. The van der Waals surface area contributed by atoms with Crippen LogP contribution in [0.3, 0.4) is 0 Å². The standard InChI is InChI=1S/2C3H7.4CH3.H2O.2Ti/c2*1-3-2;;;;;;;/h2*1,3H2,2H3;4*1H3;1H2;;/q6*-1;;2*+3. The van der Waals surface area contributed by atoms with E-state index in [0.717, 1.165) is 12.8 Å². The monoisotopic (exact) mass is 260 g/mol. The zero-order valence-corrected chi connectivity index (χ0v) is 13.5. The molecule has 2 N–H and O–H groups in total. The van der Waals surface area contributed by atoms with Crippen LogP contribution >= 0.6 is 0 Å². The zero-order chi connectivity index (χ0) is 5.41. The third-order valence-electron chi connectivity index (χ3n) is 0. The van der Waals surface area contributed by atoms with Gasteiger partial charge < -0.3 is 49.0 Å². The second-order valence-corrected chi connectivity index (χ2v) is 1.000. The maximum atomic E-state index is 3.49. The van der Waals surface area contributed by atoms with Crippen LogP contribution in [0.25, 0.3) is 0 Å². The van der Waals surface area contributed by atoms with Gasteiger partial charge in [-0.2, -0.15) is 12.8 Å². The fourth-order valence-electron chi connectivity index (χ4n) is 0. The van der Waals surface area contributed by atoms with Gasteiger partial charge in [0.05, 0.1) is 0 Å². The predicted molar refractivity (Wildman–Crippen MR) is 60.6 cm³/mol. The number of hydrogen-bond acceptors (Lipinski definition) is 0. The van der Waals surface area contributed by atoms with E-state index >= 15 is 0 Å². The van der Waals surface area contributed by atoms with Crippen molar-refractivity contribution in [2.45, 2.75) is 26.7 Å². The Morgan fingerprint density at radius 2 is 0.692 bits per heavy atom. The minimum atomic E-state index is 0. The van der Waals surface area contributed by atoms with Crippen molar-refractivity contribution in [1.29, 1.82) is 0 Å². The first-order valence-electron chi connectivity index (χ1n) is 2.41. The smallest absolute Gasteiger partial charge is 0.412 e. The van der Waals surface area contributed by atoms with Gasteiger partial charge in [-0.25, -0.2) is 0 Å². The van der Waals surface area contributed by atoms with Crippen molar-refractivity contribution in [3.05, 3.63) is 43.6 Å². The molecule has 0 saturated carbocycles. The molecule has 0 bridgehead atoms. The second kappa shape index (κ2) is 179. The van der Waals surface area contributed by atoms with Crippen LogP contribution in [0.1, 0.15) is 26.7 Å². The molecule has 0 aromatic heterocycles. The van der Waals surface area contributed by atoms with E-state index in [1.54, 1.807) is 0 Å². The third kappa shape index (κ3) is 901. The van der Waals surface area contributed by atoms with Gasteiger partial charge >= 0.3 is 43.4 Å². The Morgan fingerprint density at radius 1 is 0.692 bits per heavy atom. The van der Waals surface area contributed by atoms with E-state index in [-0.39, 0.29) is 78.6 Å². The molecule has 0 atom stereocenters. The molecule has 1 nitrogen and oxygen atoms in total. The van der Waals surface area contributed by atoms with Crippen molar-refractivity contribution in [2.24, 2.45) is 0 Å². The van der Waals surface area contributed by atoms with Crippen molar-refractivity contribution in [1.82, 2.24) is 0 Å². The van der Waals surface area contributed by atoms with Crippen molar-refractivity contribution in [3.63, 3.8) is 0 Å². The van der Waals surface area contributed by atoms with Crippen LogP contribution in [0.4, 0.5) is 0 Å². The largest absolute Gasteiger partial charge is 3.00 e.